The lowest BCUT2D eigenvalue weighted by atomic mass is 9.95. The van der Waals surface area contributed by atoms with E-state index in [2.05, 4.69) is 64.4 Å². The number of sulfonamides is 4. The first-order valence-electron chi connectivity index (χ1n) is 41.6. The molecule has 0 unspecified atom stereocenters. The number of rotatable bonds is 12. The van der Waals surface area contributed by atoms with Crippen LogP contribution < -0.4 is 49.6 Å². The Hall–Kier alpha value is -11.2. The number of carbonyl (C=O) groups is 8. The number of fused-ring (bicyclic) bond motifs is 12. The summed E-state index contributed by atoms with van der Waals surface area (Å²) >= 11 is 0. The summed E-state index contributed by atoms with van der Waals surface area (Å²) in [6.07, 6.45) is 28.8. The van der Waals surface area contributed by atoms with Crippen LogP contribution in [0.4, 0.5) is 46.7 Å². The van der Waals surface area contributed by atoms with Crippen LogP contribution in [-0.2, 0) is 179 Å². The van der Waals surface area contributed by atoms with E-state index in [9.17, 15) is 72.0 Å². The zero-order valence-corrected chi connectivity index (χ0v) is 71.8. The predicted molar refractivity (Wildman–Crippen MR) is 447 cm³/mol. The van der Waals surface area contributed by atoms with Gasteiger partial charge in [-0.2, -0.15) is 0 Å². The molecule has 122 heavy (non-hydrogen) atoms. The van der Waals surface area contributed by atoms with Gasteiger partial charge in [-0.3, -0.25) is 18.7 Å². The number of nitrogens with one attached hydrogen (secondary N) is 8. The lowest BCUT2D eigenvalue weighted by molar-refractivity contribution is -0.00806. The van der Waals surface area contributed by atoms with Crippen molar-refractivity contribution in [1.29, 1.82) is 0 Å². The molecule has 0 fully saturated rings. The molecular formula is C86H96N12O20S4. The van der Waals surface area contributed by atoms with Crippen LogP contribution in [0.15, 0.2) is 80.8 Å². The Morgan fingerprint density at radius 1 is 0.369 bits per heavy atom. The molecule has 0 atom stereocenters. The Kier molecular flexibility index (Phi) is 21.5. The SMILES string of the molecule is CC1(C)Cc2c(S(=O)(=O)NC(=O)Nc3c4c(cc5c3CCC5)CCC4)ccn2C(=O)O1.Cn1cc(S(=O)(=O)NC(=O)Nc2c3c(cc4c2CCC4)CCC3)c2c1C(=O)CCO2.Cn1cc(S(=O)(=O)NC(=O)Nc2c3c(cc4c2CCC4)CCC3)c2c1C(=O)OC(C)(C)C2.O=C(Nc1c2c(cc3c1CCC3)CCC2)NS(=O)(=O)c1ccn2c1OCCC2=O. The Balaban J connectivity index is 0.000000116. The number of esters is 1. The van der Waals surface area contributed by atoms with Crippen molar-refractivity contribution < 1.29 is 91.0 Å². The summed E-state index contributed by atoms with van der Waals surface area (Å²) in [5.74, 6) is -1.04. The molecule has 644 valence electrons. The number of cyclic esters (lactones) is 2. The molecule has 4 aromatic heterocycles. The maximum Gasteiger partial charge on any atom is 0.418 e. The van der Waals surface area contributed by atoms with Crippen molar-refractivity contribution in [3.8, 4) is 11.6 Å². The first kappa shape index (κ1) is 83.0. The molecule has 36 heteroatoms. The van der Waals surface area contributed by atoms with Crippen LogP contribution in [0.5, 0.6) is 11.6 Å². The molecule has 12 aliphatic rings. The third-order valence-corrected chi connectivity index (χ3v) is 30.5. The number of ether oxygens (including phenoxy) is 4. The van der Waals surface area contributed by atoms with Crippen molar-refractivity contribution >= 4 is 111 Å². The summed E-state index contributed by atoms with van der Waals surface area (Å²) in [5, 5.41) is 11.3. The summed E-state index contributed by atoms with van der Waals surface area (Å²) in [6, 6.07) is 8.41. The summed E-state index contributed by atoms with van der Waals surface area (Å²) in [7, 11) is -13.6. The second-order valence-corrected chi connectivity index (χ2v) is 41.0. The van der Waals surface area contributed by atoms with E-state index >= 15 is 0 Å². The fourth-order valence-electron chi connectivity index (χ4n) is 19.9. The van der Waals surface area contributed by atoms with Crippen molar-refractivity contribution in [2.45, 2.75) is 238 Å². The molecular weight excluding hydrogens is 1650 g/mol. The van der Waals surface area contributed by atoms with Crippen molar-refractivity contribution in [2.75, 3.05) is 34.5 Å². The van der Waals surface area contributed by atoms with E-state index in [-0.39, 0.29) is 93.2 Å². The number of nitrogens with zero attached hydrogens (tertiary/aromatic N) is 4. The highest BCUT2D eigenvalue weighted by Crippen LogP contribution is 2.45. The van der Waals surface area contributed by atoms with E-state index in [1.54, 1.807) is 41.8 Å². The van der Waals surface area contributed by atoms with Gasteiger partial charge in [-0.15, -0.1) is 0 Å². The molecule has 0 spiro atoms. The van der Waals surface area contributed by atoms with Crippen molar-refractivity contribution in [3.63, 3.8) is 0 Å². The fraction of sp³-hybridized carbons (Fsp3) is 0.442. The fourth-order valence-corrected chi connectivity index (χ4v) is 24.3. The van der Waals surface area contributed by atoms with Crippen molar-refractivity contribution in [2.24, 2.45) is 14.1 Å². The lowest BCUT2D eigenvalue weighted by Crippen LogP contribution is -2.40. The average Bonchev–Trinajstić information content (AvgIpc) is 1.59. The molecule has 8 N–H and O–H groups in total. The number of hydrogen-bond donors (Lipinski definition) is 8. The number of aryl methyl sites for hydroxylation is 10. The number of carbonyl (C=O) groups excluding carboxylic acids is 8. The van der Waals surface area contributed by atoms with Gasteiger partial charge in [0.15, 0.2) is 11.5 Å². The largest absolute Gasteiger partial charge is 0.489 e. The molecule has 0 saturated heterocycles. The van der Waals surface area contributed by atoms with Crippen LogP contribution in [0.2, 0.25) is 0 Å². The first-order chi connectivity index (χ1) is 58.0. The smallest absolute Gasteiger partial charge is 0.418 e. The highest BCUT2D eigenvalue weighted by Gasteiger charge is 2.43. The van der Waals surface area contributed by atoms with Gasteiger partial charge < -0.3 is 49.3 Å². The zero-order chi connectivity index (χ0) is 86.0. The van der Waals surface area contributed by atoms with Crippen LogP contribution in [-0.4, -0.2) is 124 Å². The van der Waals surface area contributed by atoms with Crippen molar-refractivity contribution in [3.05, 3.63) is 173 Å². The monoisotopic (exact) mass is 1740 g/mol. The quantitative estimate of drug-likeness (QED) is 0.0527. The molecule has 0 radical (unpaired) electrons. The van der Waals surface area contributed by atoms with Crippen LogP contribution in [0, 0.1) is 0 Å². The predicted octanol–water partition coefficient (Wildman–Crippen LogP) is 11.2. The summed E-state index contributed by atoms with van der Waals surface area (Å²) in [4.78, 5) is 99.0. The maximum atomic E-state index is 13.2. The highest BCUT2D eigenvalue weighted by molar-refractivity contribution is 7.91. The summed E-state index contributed by atoms with van der Waals surface area (Å²) < 4.78 is 139. The van der Waals surface area contributed by atoms with Gasteiger partial charge in [0, 0.05) is 86.5 Å². The van der Waals surface area contributed by atoms with E-state index in [4.69, 9.17) is 18.9 Å². The molecule has 0 bridgehead atoms. The Labute approximate surface area is 705 Å². The third-order valence-electron chi connectivity index (χ3n) is 25.0. The van der Waals surface area contributed by atoms with E-state index in [1.165, 1.54) is 95.1 Å². The second kappa shape index (κ2) is 31.6. The molecule has 8 aromatic rings. The zero-order valence-electron chi connectivity index (χ0n) is 68.6. The minimum Gasteiger partial charge on any atom is -0.489 e. The molecule has 0 saturated carbocycles. The van der Waals surface area contributed by atoms with E-state index < -0.39 is 87.5 Å². The highest BCUT2D eigenvalue weighted by atomic mass is 32.2. The standard InChI is InChI=1S/C23H27N3O5S.C22H25N3O5S.C21H23N3O5S.C20H21N3O5S/c1-23(2)11-17-18(12-26(3)20(17)21(27)31-23)32(29,30)25-22(28)24-19-15-8-4-6-13(15)10-14-7-5-9-16(14)19;1-22(2)12-17-18(9-10-25(17)21(27)30-22)31(28,29)24-20(26)23-19-15-7-3-5-13(15)11-14-6-4-8-16(14)19;1-24-11-17(20-19(24)16(25)8-9-29-20)30(27,28)23-21(26)22-18-14-6-2-4-12(14)10-13-5-3-7-15(13)18;24-17-8-10-28-19-16(7-9-23(17)19)29(26,27)22-20(25)21-18-14-5-1-3-12(14)11-13-4-2-6-15(13)18/h10,12H,4-9,11H2,1-3H3,(H2,24,25,28);9-11H,3-8,12H2,1-2H3,(H2,23,24,26);10-11H,2-9H2,1H3,(H2,22,23,26);7,9,11H,1-6,8,10H2,(H2,21,22,25). The average molecular weight is 1750 g/mol. The maximum absolute atomic E-state index is 13.2. The molecule has 8 amide bonds. The topological polar surface area (TPSA) is 426 Å². The van der Waals surface area contributed by atoms with Gasteiger partial charge in [0.25, 0.3) is 40.1 Å². The van der Waals surface area contributed by atoms with Crippen LogP contribution in [0.25, 0.3) is 0 Å². The van der Waals surface area contributed by atoms with E-state index in [0.717, 1.165) is 226 Å². The number of amides is 8. The van der Waals surface area contributed by atoms with Gasteiger partial charge in [-0.1, -0.05) is 24.3 Å². The van der Waals surface area contributed by atoms with Crippen LogP contribution in [0.3, 0.4) is 0 Å². The van der Waals surface area contributed by atoms with Gasteiger partial charge in [0.1, 0.15) is 42.2 Å². The lowest BCUT2D eigenvalue weighted by Gasteiger charge is -2.30. The Bertz CT molecular complexity index is 6230. The minimum absolute atomic E-state index is 0.00976. The number of aromatic nitrogens is 4. The van der Waals surface area contributed by atoms with Gasteiger partial charge in [-0.25, -0.2) is 81.3 Å². The van der Waals surface area contributed by atoms with E-state index in [1.807, 2.05) is 0 Å². The van der Waals surface area contributed by atoms with Gasteiger partial charge in [0.05, 0.1) is 25.3 Å². The summed E-state index contributed by atoms with van der Waals surface area (Å²) in [5.41, 5.74) is 21.5. The number of hydrogen-bond acceptors (Lipinski definition) is 20. The molecule has 8 aliphatic carbocycles. The Morgan fingerprint density at radius 3 is 1.11 bits per heavy atom. The number of anilines is 4. The number of benzene rings is 4. The van der Waals surface area contributed by atoms with Crippen molar-refractivity contribution in [1.82, 2.24) is 37.2 Å². The molecule has 32 nitrogen and oxygen atoms in total. The second-order valence-electron chi connectivity index (χ2n) is 34.4. The Morgan fingerprint density at radius 2 is 0.705 bits per heavy atom. The third kappa shape index (κ3) is 15.8. The van der Waals surface area contributed by atoms with Gasteiger partial charge >= 0.3 is 36.2 Å². The van der Waals surface area contributed by atoms with Gasteiger partial charge in [-0.05, 0) is 283 Å². The molecule has 4 aromatic carbocycles. The number of urea groups is 4. The molecule has 4 aliphatic heterocycles. The van der Waals surface area contributed by atoms with Crippen LogP contribution in [0.1, 0.15) is 218 Å². The van der Waals surface area contributed by atoms with Crippen LogP contribution >= 0.6 is 0 Å². The van der Waals surface area contributed by atoms with Gasteiger partial charge in [0.2, 0.25) is 11.8 Å². The first-order valence-corrected chi connectivity index (χ1v) is 47.5. The van der Waals surface area contributed by atoms with E-state index in [0.29, 0.717) is 11.3 Å². The number of ketones is 1. The molecule has 20 rings (SSSR count). The minimum atomic E-state index is -4.21. The summed E-state index contributed by atoms with van der Waals surface area (Å²) in [6.45, 7) is 7.12. The molecule has 8 heterocycles. The number of Topliss-reactive ketones (excluding diaryl/α,β-unsaturated/α-hetero) is 1. The normalized spacial score (nSPS) is 18.0.